The molecule has 0 amide bonds. The van der Waals surface area contributed by atoms with Crippen LogP contribution in [0.25, 0.3) is 0 Å². The molecule has 0 N–H and O–H groups in total. The van der Waals surface area contributed by atoms with Crippen molar-refractivity contribution in [2.75, 3.05) is 12.9 Å². The largest absolute Gasteiger partial charge is 0.496 e. The quantitative estimate of drug-likeness (QED) is 0.816. The molecule has 106 valence electrons. The van der Waals surface area contributed by atoms with Gasteiger partial charge >= 0.3 is 0 Å². The maximum absolute atomic E-state index is 13.2. The van der Waals surface area contributed by atoms with Crippen molar-refractivity contribution in [3.05, 3.63) is 65.5 Å². The Morgan fingerprint density at radius 3 is 2.60 bits per heavy atom. The van der Waals surface area contributed by atoms with E-state index < -0.39 is 10.8 Å². The number of hydrogen-bond donors (Lipinski definition) is 0. The van der Waals surface area contributed by atoms with Crippen molar-refractivity contribution in [1.29, 1.82) is 0 Å². The normalized spacial score (nSPS) is 12.1. The Balaban J connectivity index is 1.96. The van der Waals surface area contributed by atoms with Crippen molar-refractivity contribution in [2.45, 2.75) is 12.2 Å². The van der Waals surface area contributed by atoms with Crippen LogP contribution in [0.4, 0.5) is 4.39 Å². The summed E-state index contributed by atoms with van der Waals surface area (Å²) in [6.07, 6.45) is 0.755. The molecule has 0 saturated carbocycles. The van der Waals surface area contributed by atoms with E-state index in [0.717, 1.165) is 12.0 Å². The highest BCUT2D eigenvalue weighted by Crippen LogP contribution is 2.21. The predicted molar refractivity (Wildman–Crippen MR) is 79.8 cm³/mol. The highest BCUT2D eigenvalue weighted by molar-refractivity contribution is 7.84. The molecule has 0 unspecified atom stereocenters. The zero-order chi connectivity index (χ0) is 14.4. The smallest absolute Gasteiger partial charge is 0.123 e. The Morgan fingerprint density at radius 2 is 1.90 bits per heavy atom. The van der Waals surface area contributed by atoms with E-state index in [-0.39, 0.29) is 5.82 Å². The molecule has 0 heterocycles. The van der Waals surface area contributed by atoms with Gasteiger partial charge in [0.05, 0.1) is 12.9 Å². The van der Waals surface area contributed by atoms with Crippen molar-refractivity contribution >= 4 is 10.8 Å². The lowest BCUT2D eigenvalue weighted by atomic mass is 10.2. The van der Waals surface area contributed by atoms with Gasteiger partial charge in [0, 0.05) is 22.1 Å². The van der Waals surface area contributed by atoms with Crippen LogP contribution in [0, 0.1) is 5.82 Å². The first-order chi connectivity index (χ1) is 9.69. The van der Waals surface area contributed by atoms with Gasteiger partial charge in [0.25, 0.3) is 0 Å². The van der Waals surface area contributed by atoms with Gasteiger partial charge < -0.3 is 4.74 Å². The third kappa shape index (κ3) is 4.17. The fourth-order valence-electron chi connectivity index (χ4n) is 1.98. The predicted octanol–water partition coefficient (Wildman–Crippen LogP) is 3.33. The molecule has 0 bridgehead atoms. The number of halogens is 1. The van der Waals surface area contributed by atoms with E-state index in [1.165, 1.54) is 19.2 Å². The molecule has 4 heteroatoms. The summed E-state index contributed by atoms with van der Waals surface area (Å²) in [4.78, 5) is 0. The molecule has 0 radical (unpaired) electrons. The van der Waals surface area contributed by atoms with E-state index in [9.17, 15) is 8.60 Å². The van der Waals surface area contributed by atoms with Crippen LogP contribution in [-0.4, -0.2) is 17.1 Å². The van der Waals surface area contributed by atoms with Gasteiger partial charge in [-0.3, -0.25) is 4.21 Å². The molecule has 20 heavy (non-hydrogen) atoms. The Bertz CT molecular complexity index is 584. The Labute approximate surface area is 121 Å². The van der Waals surface area contributed by atoms with Crippen molar-refractivity contribution in [1.82, 2.24) is 0 Å². The molecule has 2 aromatic carbocycles. The summed E-state index contributed by atoms with van der Waals surface area (Å²) in [7, 11) is 0.493. The SMILES string of the molecule is COc1ccc(F)cc1C[S@](=O)CCc1ccccc1. The number of methoxy groups -OCH3 is 1. The maximum atomic E-state index is 13.2. The van der Waals surface area contributed by atoms with Gasteiger partial charge in [0.1, 0.15) is 11.6 Å². The second kappa shape index (κ2) is 7.20. The summed E-state index contributed by atoms with van der Waals surface area (Å²) in [5.74, 6) is 1.12. The fraction of sp³-hybridized carbons (Fsp3) is 0.250. The molecule has 0 aliphatic carbocycles. The van der Waals surface area contributed by atoms with Crippen LogP contribution in [0.2, 0.25) is 0 Å². The van der Waals surface area contributed by atoms with E-state index in [1.54, 1.807) is 6.07 Å². The summed E-state index contributed by atoms with van der Waals surface area (Å²) in [6.45, 7) is 0. The zero-order valence-corrected chi connectivity index (χ0v) is 12.2. The topological polar surface area (TPSA) is 26.3 Å². The lowest BCUT2D eigenvalue weighted by Gasteiger charge is -2.08. The highest BCUT2D eigenvalue weighted by atomic mass is 32.2. The highest BCUT2D eigenvalue weighted by Gasteiger charge is 2.09. The van der Waals surface area contributed by atoms with Gasteiger partial charge in [-0.25, -0.2) is 4.39 Å². The van der Waals surface area contributed by atoms with Crippen LogP contribution in [0.5, 0.6) is 5.75 Å². The summed E-state index contributed by atoms with van der Waals surface area (Å²) in [5, 5.41) is 0. The Hall–Kier alpha value is -1.68. The molecule has 1 atom stereocenters. The number of benzene rings is 2. The van der Waals surface area contributed by atoms with Crippen LogP contribution in [0.1, 0.15) is 11.1 Å². The summed E-state index contributed by atoms with van der Waals surface area (Å²) in [6, 6.07) is 14.2. The molecule has 2 rings (SSSR count). The maximum Gasteiger partial charge on any atom is 0.123 e. The number of ether oxygens (including phenoxy) is 1. The molecule has 0 saturated heterocycles. The van der Waals surface area contributed by atoms with Crippen LogP contribution in [0.15, 0.2) is 48.5 Å². The summed E-state index contributed by atoms with van der Waals surface area (Å²) >= 11 is 0. The molecule has 0 aliphatic heterocycles. The first kappa shape index (κ1) is 14.7. The summed E-state index contributed by atoms with van der Waals surface area (Å²) in [5.41, 5.74) is 1.81. The lowest BCUT2D eigenvalue weighted by Crippen LogP contribution is -2.05. The van der Waals surface area contributed by atoms with Gasteiger partial charge in [-0.1, -0.05) is 30.3 Å². The van der Waals surface area contributed by atoms with Crippen LogP contribution >= 0.6 is 0 Å². The van der Waals surface area contributed by atoms with E-state index in [1.807, 2.05) is 30.3 Å². The molecular formula is C16H17FO2S. The fourth-order valence-corrected chi connectivity index (χ4v) is 3.16. The molecule has 2 aromatic rings. The van der Waals surface area contributed by atoms with Gasteiger partial charge in [0.15, 0.2) is 0 Å². The van der Waals surface area contributed by atoms with E-state index in [4.69, 9.17) is 4.74 Å². The van der Waals surface area contributed by atoms with Crippen molar-refractivity contribution < 1.29 is 13.3 Å². The number of aryl methyl sites for hydroxylation is 1. The second-order valence-corrected chi connectivity index (χ2v) is 6.06. The third-order valence-corrected chi connectivity index (χ3v) is 4.31. The zero-order valence-electron chi connectivity index (χ0n) is 11.3. The number of hydrogen-bond acceptors (Lipinski definition) is 2. The molecule has 0 spiro atoms. The minimum Gasteiger partial charge on any atom is -0.496 e. The molecule has 0 fully saturated rings. The van der Waals surface area contributed by atoms with Gasteiger partial charge in [-0.2, -0.15) is 0 Å². The molecule has 2 nitrogen and oxygen atoms in total. The third-order valence-electron chi connectivity index (χ3n) is 3.02. The summed E-state index contributed by atoms with van der Waals surface area (Å²) < 4.78 is 30.5. The van der Waals surface area contributed by atoms with Gasteiger partial charge in [0.2, 0.25) is 0 Å². The first-order valence-electron chi connectivity index (χ1n) is 6.40. The molecular weight excluding hydrogens is 275 g/mol. The molecule has 0 aromatic heterocycles. The van der Waals surface area contributed by atoms with E-state index in [2.05, 4.69) is 0 Å². The first-order valence-corrected chi connectivity index (χ1v) is 7.89. The standard InChI is InChI=1S/C16H17FO2S/c1-19-16-8-7-15(17)11-14(16)12-20(18)10-9-13-5-3-2-4-6-13/h2-8,11H,9-10,12H2,1H3/t20-/m1/s1. The van der Waals surface area contributed by atoms with Crippen molar-refractivity contribution in [3.8, 4) is 5.75 Å². The van der Waals surface area contributed by atoms with Crippen LogP contribution in [-0.2, 0) is 23.0 Å². The Kier molecular flexibility index (Phi) is 5.30. The van der Waals surface area contributed by atoms with Crippen LogP contribution < -0.4 is 4.74 Å². The van der Waals surface area contributed by atoms with Crippen LogP contribution in [0.3, 0.4) is 0 Å². The lowest BCUT2D eigenvalue weighted by molar-refractivity contribution is 0.410. The Morgan fingerprint density at radius 1 is 1.15 bits per heavy atom. The van der Waals surface area contributed by atoms with Gasteiger partial charge in [-0.05, 0) is 30.2 Å². The van der Waals surface area contributed by atoms with Crippen molar-refractivity contribution in [3.63, 3.8) is 0 Å². The monoisotopic (exact) mass is 292 g/mol. The average Bonchev–Trinajstić information content (AvgIpc) is 2.46. The van der Waals surface area contributed by atoms with Gasteiger partial charge in [-0.15, -0.1) is 0 Å². The minimum absolute atomic E-state index is 0.313. The van der Waals surface area contributed by atoms with Crippen molar-refractivity contribution in [2.24, 2.45) is 0 Å². The minimum atomic E-state index is -1.04. The molecule has 0 aliphatic rings. The average molecular weight is 292 g/mol. The number of rotatable bonds is 6. The second-order valence-electron chi connectivity index (χ2n) is 4.48. The van der Waals surface area contributed by atoms with E-state index >= 15 is 0 Å². The van der Waals surface area contributed by atoms with E-state index in [0.29, 0.717) is 22.8 Å².